The molecular weight excluding hydrogens is 334 g/mol. The first-order valence-electron chi connectivity index (χ1n) is 7.57. The number of carboxylic acids is 1. The molecule has 1 aromatic heterocycles. The largest absolute Gasteiger partial charge is 0.480 e. The van der Waals surface area contributed by atoms with Crippen LogP contribution >= 0.6 is 0 Å². The molecule has 2 fully saturated rings. The van der Waals surface area contributed by atoms with Crippen LogP contribution in [0.2, 0.25) is 0 Å². The average molecular weight is 353 g/mol. The number of rotatable bonds is 5. The minimum atomic E-state index is -3.76. The summed E-state index contributed by atoms with van der Waals surface area (Å²) in [6.45, 7) is 3.40. The normalized spacial score (nSPS) is 29.8. The number of hydrogen-bond acceptors (Lipinski definition) is 6. The van der Waals surface area contributed by atoms with E-state index in [0.29, 0.717) is 6.54 Å². The molecule has 0 bridgehead atoms. The number of aliphatic carboxylic acids is 1. The van der Waals surface area contributed by atoms with Gasteiger partial charge in [-0.05, 0) is 31.5 Å². The highest BCUT2D eigenvalue weighted by Gasteiger charge is 2.71. The Labute approximate surface area is 139 Å². The molecule has 0 spiro atoms. The van der Waals surface area contributed by atoms with E-state index in [-0.39, 0.29) is 6.54 Å². The quantitative estimate of drug-likeness (QED) is 0.693. The molecule has 2 N–H and O–H groups in total. The standard InChI is InChI=1S/C15H19N3O5S/c1-15(2)11(14(20)21)18-12(19)10(13(18)24(15,22)23)8-17-7-9-3-5-16-6-4-9/h3-6,10-11,13,17H,7-8H2,1-2H3,(H,20,21)/t10-,11-,13+/m0/s1. The van der Waals surface area contributed by atoms with Gasteiger partial charge in [-0.25, -0.2) is 13.2 Å². The Kier molecular flexibility index (Phi) is 3.88. The molecule has 1 aromatic rings. The van der Waals surface area contributed by atoms with Crippen LogP contribution in [0.1, 0.15) is 19.4 Å². The number of sulfone groups is 1. The van der Waals surface area contributed by atoms with E-state index in [1.165, 1.54) is 13.8 Å². The summed E-state index contributed by atoms with van der Waals surface area (Å²) in [6.07, 6.45) is 3.29. The summed E-state index contributed by atoms with van der Waals surface area (Å²) in [4.78, 5) is 28.7. The number of carbonyl (C=O) groups is 2. The molecule has 2 aliphatic heterocycles. The molecule has 0 saturated carbocycles. The third-order valence-electron chi connectivity index (χ3n) is 4.85. The summed E-state index contributed by atoms with van der Waals surface area (Å²) in [6, 6.07) is 2.30. The van der Waals surface area contributed by atoms with Crippen molar-refractivity contribution >= 4 is 21.7 Å². The summed E-state index contributed by atoms with van der Waals surface area (Å²) >= 11 is 0. The highest BCUT2D eigenvalue weighted by Crippen LogP contribution is 2.48. The van der Waals surface area contributed by atoms with Crippen LogP contribution in [0.15, 0.2) is 24.5 Å². The summed E-state index contributed by atoms with van der Waals surface area (Å²) in [5, 5.41) is 11.4. The predicted octanol–water partition coefficient (Wildman–Crippen LogP) is -0.384. The fourth-order valence-corrected chi connectivity index (χ4v) is 5.79. The molecule has 8 nitrogen and oxygen atoms in total. The van der Waals surface area contributed by atoms with E-state index < -0.39 is 43.8 Å². The Hall–Kier alpha value is -2.00. The molecule has 1 amide bonds. The van der Waals surface area contributed by atoms with Gasteiger partial charge in [0.25, 0.3) is 0 Å². The molecule has 24 heavy (non-hydrogen) atoms. The van der Waals surface area contributed by atoms with Gasteiger partial charge in [0.1, 0.15) is 11.4 Å². The lowest BCUT2D eigenvalue weighted by molar-refractivity contribution is -0.163. The van der Waals surface area contributed by atoms with E-state index in [1.54, 1.807) is 12.4 Å². The predicted molar refractivity (Wildman–Crippen MR) is 84.5 cm³/mol. The van der Waals surface area contributed by atoms with Gasteiger partial charge in [-0.3, -0.25) is 9.78 Å². The van der Waals surface area contributed by atoms with Crippen molar-refractivity contribution in [2.24, 2.45) is 5.92 Å². The Morgan fingerprint density at radius 2 is 2.00 bits per heavy atom. The number of nitrogens with zero attached hydrogens (tertiary/aromatic N) is 2. The van der Waals surface area contributed by atoms with E-state index in [9.17, 15) is 23.1 Å². The SMILES string of the molecule is CC1(C)[C@H](C(=O)O)N2C(=O)[C@H](CNCc3ccncc3)[C@H]2S1(=O)=O. The van der Waals surface area contributed by atoms with Crippen molar-refractivity contribution in [1.82, 2.24) is 15.2 Å². The molecule has 3 rings (SSSR count). The number of nitrogens with one attached hydrogen (secondary N) is 1. The number of amides is 1. The summed E-state index contributed by atoms with van der Waals surface area (Å²) < 4.78 is 23.9. The molecule has 3 atom stereocenters. The third kappa shape index (κ3) is 2.22. The minimum absolute atomic E-state index is 0.184. The van der Waals surface area contributed by atoms with Gasteiger partial charge in [0.15, 0.2) is 9.84 Å². The van der Waals surface area contributed by atoms with E-state index in [2.05, 4.69) is 10.3 Å². The number of fused-ring (bicyclic) bond motifs is 1. The lowest BCUT2D eigenvalue weighted by atomic mass is 9.91. The van der Waals surface area contributed by atoms with Crippen molar-refractivity contribution in [2.75, 3.05) is 6.54 Å². The Bertz CT molecular complexity index is 778. The van der Waals surface area contributed by atoms with Gasteiger partial charge in [-0.2, -0.15) is 0 Å². The molecule has 0 aromatic carbocycles. The number of carboxylic acid groups (broad SMARTS) is 1. The first-order chi connectivity index (χ1) is 11.2. The first-order valence-corrected chi connectivity index (χ1v) is 9.12. The van der Waals surface area contributed by atoms with Crippen LogP contribution in [0, 0.1) is 5.92 Å². The topological polar surface area (TPSA) is 117 Å². The Morgan fingerprint density at radius 1 is 1.38 bits per heavy atom. The van der Waals surface area contributed by atoms with Crippen molar-refractivity contribution in [2.45, 2.75) is 36.6 Å². The smallest absolute Gasteiger partial charge is 0.328 e. The second kappa shape index (κ2) is 5.52. The second-order valence-electron chi connectivity index (χ2n) is 6.62. The zero-order valence-corrected chi connectivity index (χ0v) is 14.2. The van der Waals surface area contributed by atoms with Gasteiger partial charge >= 0.3 is 5.97 Å². The lowest BCUT2D eigenvalue weighted by Crippen LogP contribution is -2.65. The van der Waals surface area contributed by atoms with Crippen LogP contribution < -0.4 is 5.32 Å². The van der Waals surface area contributed by atoms with Gasteiger partial charge in [0, 0.05) is 25.5 Å². The van der Waals surface area contributed by atoms with Gasteiger partial charge in [0.2, 0.25) is 5.91 Å². The van der Waals surface area contributed by atoms with Crippen LogP contribution in [-0.2, 0) is 26.0 Å². The molecule has 3 heterocycles. The number of β-lactam (4-membered cyclic amide) rings is 1. The van der Waals surface area contributed by atoms with Gasteiger partial charge in [0.05, 0.1) is 10.7 Å². The Morgan fingerprint density at radius 3 is 2.58 bits per heavy atom. The van der Waals surface area contributed by atoms with E-state index in [4.69, 9.17) is 0 Å². The lowest BCUT2D eigenvalue weighted by Gasteiger charge is -2.42. The molecule has 130 valence electrons. The average Bonchev–Trinajstić information content (AvgIpc) is 2.66. The van der Waals surface area contributed by atoms with Crippen LogP contribution in [0.25, 0.3) is 0 Å². The summed E-state index contributed by atoms with van der Waals surface area (Å²) in [7, 11) is -3.76. The molecular formula is C15H19N3O5S. The van der Waals surface area contributed by atoms with Crippen molar-refractivity contribution in [3.05, 3.63) is 30.1 Å². The zero-order chi connectivity index (χ0) is 17.7. The molecule has 2 aliphatic rings. The first kappa shape index (κ1) is 16.8. The van der Waals surface area contributed by atoms with E-state index in [1.807, 2.05) is 12.1 Å². The highest BCUT2D eigenvalue weighted by atomic mass is 32.2. The summed E-state index contributed by atoms with van der Waals surface area (Å²) in [5.74, 6) is -2.47. The van der Waals surface area contributed by atoms with Crippen molar-refractivity contribution in [3.63, 3.8) is 0 Å². The van der Waals surface area contributed by atoms with Crippen molar-refractivity contribution < 1.29 is 23.1 Å². The Balaban J connectivity index is 1.75. The summed E-state index contributed by atoms with van der Waals surface area (Å²) in [5.41, 5.74) is 0.964. The maximum atomic E-state index is 12.7. The monoisotopic (exact) mass is 353 g/mol. The van der Waals surface area contributed by atoms with Crippen molar-refractivity contribution in [1.29, 1.82) is 0 Å². The molecule has 9 heteroatoms. The fourth-order valence-electron chi connectivity index (χ4n) is 3.47. The number of hydrogen-bond donors (Lipinski definition) is 2. The van der Waals surface area contributed by atoms with Crippen LogP contribution in [0.3, 0.4) is 0 Å². The van der Waals surface area contributed by atoms with Crippen LogP contribution in [0.5, 0.6) is 0 Å². The van der Waals surface area contributed by atoms with E-state index in [0.717, 1.165) is 10.5 Å². The fraction of sp³-hybridized carbons (Fsp3) is 0.533. The molecule has 0 radical (unpaired) electrons. The number of carbonyl (C=O) groups excluding carboxylic acids is 1. The molecule has 0 unspecified atom stereocenters. The van der Waals surface area contributed by atoms with Gasteiger partial charge in [-0.1, -0.05) is 0 Å². The van der Waals surface area contributed by atoms with Crippen LogP contribution in [-0.4, -0.2) is 58.0 Å². The third-order valence-corrected chi connectivity index (χ3v) is 7.74. The molecule has 0 aliphatic carbocycles. The van der Waals surface area contributed by atoms with E-state index >= 15 is 0 Å². The molecule has 2 saturated heterocycles. The maximum Gasteiger partial charge on any atom is 0.328 e. The van der Waals surface area contributed by atoms with Gasteiger partial charge < -0.3 is 15.3 Å². The zero-order valence-electron chi connectivity index (χ0n) is 13.3. The number of aromatic nitrogens is 1. The maximum absolute atomic E-state index is 12.7. The van der Waals surface area contributed by atoms with Crippen LogP contribution in [0.4, 0.5) is 0 Å². The number of pyridine rings is 1. The van der Waals surface area contributed by atoms with Crippen molar-refractivity contribution in [3.8, 4) is 0 Å². The minimum Gasteiger partial charge on any atom is -0.480 e. The second-order valence-corrected chi connectivity index (χ2v) is 9.24. The van der Waals surface area contributed by atoms with Gasteiger partial charge in [-0.15, -0.1) is 0 Å². The highest BCUT2D eigenvalue weighted by molar-refractivity contribution is 7.93.